The number of carboxylic acid groups (broad SMARTS) is 1. The number of nitrogens with zero attached hydrogens (tertiary/aromatic N) is 1. The second-order valence-corrected chi connectivity index (χ2v) is 7.19. The molecule has 0 aromatic heterocycles. The average Bonchev–Trinajstić information content (AvgIpc) is 3.18. The van der Waals surface area contributed by atoms with Crippen LogP contribution in [0.3, 0.4) is 0 Å². The lowest BCUT2D eigenvalue weighted by Crippen LogP contribution is -2.36. The molecule has 0 radical (unpaired) electrons. The van der Waals surface area contributed by atoms with E-state index in [1.165, 1.54) is 0 Å². The molecule has 2 amide bonds. The highest BCUT2D eigenvalue weighted by Gasteiger charge is 2.28. The van der Waals surface area contributed by atoms with Gasteiger partial charge in [0.2, 0.25) is 18.6 Å². The van der Waals surface area contributed by atoms with Crippen molar-refractivity contribution in [3.8, 4) is 23.0 Å². The van der Waals surface area contributed by atoms with Gasteiger partial charge in [-0.25, -0.2) is 4.79 Å². The molecule has 0 saturated carbocycles. The summed E-state index contributed by atoms with van der Waals surface area (Å²) < 4.78 is 10.8. The second-order valence-electron chi connectivity index (χ2n) is 7.19. The van der Waals surface area contributed by atoms with Crippen molar-refractivity contribution < 1.29 is 39.2 Å². The molecule has 0 aliphatic carbocycles. The smallest absolute Gasteiger partial charge is 0.339 e. The number of carbonyl (C=O) groups excluding carboxylic acids is 2. The lowest BCUT2D eigenvalue weighted by molar-refractivity contribution is -0.119. The fraction of sp³-hybridized carbons (Fsp3) is 0.286. The van der Waals surface area contributed by atoms with Crippen LogP contribution in [0.2, 0.25) is 0 Å². The van der Waals surface area contributed by atoms with Gasteiger partial charge in [0, 0.05) is 25.5 Å². The van der Waals surface area contributed by atoms with Crippen molar-refractivity contribution in [2.45, 2.75) is 25.7 Å². The first-order valence-electron chi connectivity index (χ1n) is 9.66. The number of aromatic hydroxyl groups is 2. The van der Waals surface area contributed by atoms with Gasteiger partial charge in [-0.05, 0) is 36.6 Å². The minimum Gasteiger partial charge on any atom is -0.506 e. The van der Waals surface area contributed by atoms with Crippen molar-refractivity contribution in [2.75, 3.05) is 23.6 Å². The molecule has 0 fully saturated rings. The number of amides is 2. The number of phenolic OH excluding ortho intramolecular Hbond substituents is 1. The Morgan fingerprint density at radius 2 is 1.84 bits per heavy atom. The van der Waals surface area contributed by atoms with E-state index in [1.54, 1.807) is 11.0 Å². The van der Waals surface area contributed by atoms with Gasteiger partial charge in [0.1, 0.15) is 17.0 Å². The third-order valence-electron chi connectivity index (χ3n) is 5.21. The van der Waals surface area contributed by atoms with Crippen LogP contribution in [-0.4, -0.2) is 46.4 Å². The predicted octanol–water partition coefficient (Wildman–Crippen LogP) is 2.22. The van der Waals surface area contributed by atoms with E-state index in [0.29, 0.717) is 30.8 Å². The molecule has 0 atom stereocenters. The number of ether oxygens (including phenoxy) is 2. The van der Waals surface area contributed by atoms with Crippen molar-refractivity contribution in [3.63, 3.8) is 0 Å². The van der Waals surface area contributed by atoms with E-state index in [0.717, 1.165) is 23.4 Å². The number of carbonyl (C=O) groups is 3. The van der Waals surface area contributed by atoms with E-state index in [2.05, 4.69) is 5.32 Å². The number of hydrogen-bond donors (Lipinski definition) is 4. The third-order valence-corrected chi connectivity index (χ3v) is 5.21. The quantitative estimate of drug-likeness (QED) is 0.513. The van der Waals surface area contributed by atoms with E-state index < -0.39 is 28.9 Å². The summed E-state index contributed by atoms with van der Waals surface area (Å²) >= 11 is 0. The molecule has 4 N–H and O–H groups in total. The van der Waals surface area contributed by atoms with Crippen LogP contribution in [0.25, 0.3) is 0 Å². The molecule has 0 saturated heterocycles. The zero-order valence-electron chi connectivity index (χ0n) is 16.4. The fourth-order valence-electron chi connectivity index (χ4n) is 3.66. The molecule has 2 heterocycles. The highest BCUT2D eigenvalue weighted by molar-refractivity contribution is 6.00. The van der Waals surface area contributed by atoms with Gasteiger partial charge in [-0.1, -0.05) is 0 Å². The topological polar surface area (TPSA) is 146 Å². The van der Waals surface area contributed by atoms with Crippen molar-refractivity contribution in [2.24, 2.45) is 0 Å². The first-order chi connectivity index (χ1) is 14.8. The Labute approximate surface area is 176 Å². The molecule has 2 aliphatic heterocycles. The normalized spacial score (nSPS) is 14.3. The molecule has 2 aromatic rings. The molecule has 0 bridgehead atoms. The van der Waals surface area contributed by atoms with Crippen LogP contribution in [-0.2, 0) is 16.0 Å². The number of benzene rings is 2. The second kappa shape index (κ2) is 8.05. The first kappa shape index (κ1) is 20.3. The van der Waals surface area contributed by atoms with E-state index in [4.69, 9.17) is 14.6 Å². The standard InChI is InChI=1S/C21H20N2O8/c24-14-5-4-12(21(28)29)20(27)19(14)22-17(25)2-1-7-23-13-9-16-15(30-10-31-16)8-11(13)3-6-18(23)26/h4-5,8-9,24,27H,1-3,6-7,10H2,(H,22,25)(H,28,29). The number of carboxylic acids is 1. The summed E-state index contributed by atoms with van der Waals surface area (Å²) in [5, 5.41) is 31.3. The number of rotatable bonds is 6. The number of nitrogens with one attached hydrogen (secondary N) is 1. The van der Waals surface area contributed by atoms with Crippen LogP contribution < -0.4 is 19.7 Å². The maximum Gasteiger partial charge on any atom is 0.339 e. The molecule has 4 rings (SSSR count). The van der Waals surface area contributed by atoms with Gasteiger partial charge in [0.25, 0.3) is 0 Å². The summed E-state index contributed by atoms with van der Waals surface area (Å²) in [6.45, 7) is 0.418. The van der Waals surface area contributed by atoms with Crippen LogP contribution in [0.4, 0.5) is 11.4 Å². The zero-order valence-corrected chi connectivity index (χ0v) is 16.4. The molecule has 0 unspecified atom stereocenters. The maximum absolute atomic E-state index is 12.4. The van der Waals surface area contributed by atoms with Crippen molar-refractivity contribution >= 4 is 29.2 Å². The van der Waals surface area contributed by atoms with E-state index in [-0.39, 0.29) is 31.4 Å². The largest absolute Gasteiger partial charge is 0.506 e. The van der Waals surface area contributed by atoms with Crippen LogP contribution in [0.1, 0.15) is 35.2 Å². The summed E-state index contributed by atoms with van der Waals surface area (Å²) in [5.74, 6) is -1.95. The number of phenols is 2. The van der Waals surface area contributed by atoms with Gasteiger partial charge >= 0.3 is 5.97 Å². The molecule has 0 spiro atoms. The van der Waals surface area contributed by atoms with Crippen molar-refractivity contribution in [3.05, 3.63) is 35.4 Å². The summed E-state index contributed by atoms with van der Waals surface area (Å²) in [4.78, 5) is 37.5. The van der Waals surface area contributed by atoms with E-state index in [9.17, 15) is 24.6 Å². The minimum atomic E-state index is -1.39. The molecule has 10 nitrogen and oxygen atoms in total. The molecular formula is C21H20N2O8. The first-order valence-corrected chi connectivity index (χ1v) is 9.66. The monoisotopic (exact) mass is 428 g/mol. The van der Waals surface area contributed by atoms with Crippen LogP contribution in [0.5, 0.6) is 23.0 Å². The summed E-state index contributed by atoms with van der Waals surface area (Å²) in [5.41, 5.74) is 0.887. The van der Waals surface area contributed by atoms with Gasteiger partial charge in [0.05, 0.1) is 5.69 Å². The van der Waals surface area contributed by atoms with Crippen molar-refractivity contribution in [1.82, 2.24) is 0 Å². The fourth-order valence-corrected chi connectivity index (χ4v) is 3.66. The summed E-state index contributed by atoms with van der Waals surface area (Å²) in [6.07, 6.45) is 1.24. The number of aromatic carboxylic acids is 1. The van der Waals surface area contributed by atoms with Crippen LogP contribution in [0, 0.1) is 0 Å². The highest BCUT2D eigenvalue weighted by Crippen LogP contribution is 2.41. The summed E-state index contributed by atoms with van der Waals surface area (Å²) in [6, 6.07) is 5.74. The number of aryl methyl sites for hydroxylation is 1. The lowest BCUT2D eigenvalue weighted by atomic mass is 10.00. The Balaban J connectivity index is 1.41. The lowest BCUT2D eigenvalue weighted by Gasteiger charge is -2.29. The Hall–Kier alpha value is -3.95. The van der Waals surface area contributed by atoms with Gasteiger partial charge in [-0.2, -0.15) is 0 Å². The molecule has 10 heteroatoms. The van der Waals surface area contributed by atoms with Gasteiger partial charge < -0.3 is 35.0 Å². The molecule has 2 aliphatic rings. The Kier molecular flexibility index (Phi) is 5.28. The van der Waals surface area contributed by atoms with E-state index >= 15 is 0 Å². The molecule has 162 valence electrons. The van der Waals surface area contributed by atoms with Gasteiger partial charge in [-0.3, -0.25) is 9.59 Å². The Bertz CT molecular complexity index is 1080. The Morgan fingerprint density at radius 3 is 2.58 bits per heavy atom. The van der Waals surface area contributed by atoms with E-state index in [1.807, 2.05) is 6.07 Å². The SMILES string of the molecule is O=C(CCCN1C(=O)CCc2cc3c(cc21)OCO3)Nc1c(O)ccc(C(=O)O)c1O. The minimum absolute atomic E-state index is 0.0140. The van der Waals surface area contributed by atoms with Gasteiger partial charge in [-0.15, -0.1) is 0 Å². The predicted molar refractivity (Wildman–Crippen MR) is 108 cm³/mol. The maximum atomic E-state index is 12.4. The molecular weight excluding hydrogens is 408 g/mol. The van der Waals surface area contributed by atoms with Crippen molar-refractivity contribution in [1.29, 1.82) is 0 Å². The average molecular weight is 428 g/mol. The zero-order chi connectivity index (χ0) is 22.1. The number of fused-ring (bicyclic) bond motifs is 2. The highest BCUT2D eigenvalue weighted by atomic mass is 16.7. The number of hydrogen-bond acceptors (Lipinski definition) is 7. The summed E-state index contributed by atoms with van der Waals surface area (Å²) in [7, 11) is 0. The number of anilines is 2. The molecule has 31 heavy (non-hydrogen) atoms. The van der Waals surface area contributed by atoms with Crippen LogP contribution >= 0.6 is 0 Å². The van der Waals surface area contributed by atoms with Crippen LogP contribution in [0.15, 0.2) is 24.3 Å². The van der Waals surface area contributed by atoms with Gasteiger partial charge in [0.15, 0.2) is 17.2 Å². The molecule has 2 aromatic carbocycles. The Morgan fingerprint density at radius 1 is 1.10 bits per heavy atom. The third kappa shape index (κ3) is 3.91.